The zero-order chi connectivity index (χ0) is 25.5. The van der Waals surface area contributed by atoms with Crippen LogP contribution in [-0.2, 0) is 11.2 Å². The Morgan fingerprint density at radius 2 is 1.67 bits per heavy atom. The Kier molecular flexibility index (Phi) is 8.59. The highest BCUT2D eigenvalue weighted by molar-refractivity contribution is 5.99. The van der Waals surface area contributed by atoms with E-state index >= 15 is 0 Å². The lowest BCUT2D eigenvalue weighted by Crippen LogP contribution is -2.55. The van der Waals surface area contributed by atoms with Crippen molar-refractivity contribution in [3.8, 4) is 5.75 Å². The first kappa shape index (κ1) is 25.7. The van der Waals surface area contributed by atoms with Crippen molar-refractivity contribution in [1.29, 1.82) is 0 Å². The summed E-state index contributed by atoms with van der Waals surface area (Å²) in [7, 11) is 1.46. The molecule has 2 fully saturated rings. The Balaban J connectivity index is 1.19. The molecule has 2 aromatic rings. The summed E-state index contributed by atoms with van der Waals surface area (Å²) in [5.41, 5.74) is 1.70. The smallest absolute Gasteiger partial charge is 0.407 e. The molecule has 192 valence electrons. The van der Waals surface area contributed by atoms with E-state index in [-0.39, 0.29) is 17.6 Å². The largest absolute Gasteiger partial charge is 0.494 e. The molecule has 0 spiro atoms. The molecule has 1 heterocycles. The van der Waals surface area contributed by atoms with Crippen molar-refractivity contribution in [1.82, 2.24) is 14.7 Å². The number of piperazine rings is 1. The summed E-state index contributed by atoms with van der Waals surface area (Å²) in [5.74, 6) is 1.08. The molecule has 4 rings (SSSR count). The molecule has 1 saturated carbocycles. The molecular formula is C28H35N3O5. The van der Waals surface area contributed by atoms with Gasteiger partial charge in [0.2, 0.25) is 5.91 Å². The minimum atomic E-state index is -1.10. The van der Waals surface area contributed by atoms with Crippen molar-refractivity contribution in [2.24, 2.45) is 5.92 Å². The number of carboxylic acid groups (broad SMARTS) is 1. The average molecular weight is 494 g/mol. The summed E-state index contributed by atoms with van der Waals surface area (Å²) >= 11 is 0. The third-order valence-corrected chi connectivity index (χ3v) is 6.98. The minimum absolute atomic E-state index is 0.143. The van der Waals surface area contributed by atoms with Crippen LogP contribution in [0.3, 0.4) is 0 Å². The fraction of sp³-hybridized carbons (Fsp3) is 0.464. The number of benzene rings is 2. The first-order chi connectivity index (χ1) is 17.4. The van der Waals surface area contributed by atoms with Gasteiger partial charge in [0.05, 0.1) is 6.61 Å². The van der Waals surface area contributed by atoms with Crippen LogP contribution >= 0.6 is 0 Å². The molecule has 2 aromatic carbocycles. The lowest BCUT2D eigenvalue weighted by molar-refractivity contribution is -0.137. The number of likely N-dealkylation sites (N-methyl/N-ethyl adjacent to an activating group) is 1. The van der Waals surface area contributed by atoms with Crippen LogP contribution < -0.4 is 4.74 Å². The van der Waals surface area contributed by atoms with Gasteiger partial charge in [0, 0.05) is 57.7 Å². The first-order valence-corrected chi connectivity index (χ1v) is 12.7. The van der Waals surface area contributed by atoms with Gasteiger partial charge in [-0.15, -0.1) is 0 Å². The molecule has 8 heteroatoms. The van der Waals surface area contributed by atoms with Crippen LogP contribution in [0, 0.1) is 5.92 Å². The third kappa shape index (κ3) is 6.85. The number of nitrogens with zero attached hydrogens (tertiary/aromatic N) is 3. The van der Waals surface area contributed by atoms with E-state index in [0.717, 1.165) is 60.7 Å². The molecule has 36 heavy (non-hydrogen) atoms. The van der Waals surface area contributed by atoms with Crippen molar-refractivity contribution in [3.05, 3.63) is 65.7 Å². The van der Waals surface area contributed by atoms with Gasteiger partial charge in [-0.3, -0.25) is 19.4 Å². The zero-order valence-corrected chi connectivity index (χ0v) is 20.8. The quantitative estimate of drug-likeness (QED) is 0.381. The second-order valence-corrected chi connectivity index (χ2v) is 9.63. The molecule has 1 aliphatic heterocycles. The normalized spacial score (nSPS) is 16.9. The van der Waals surface area contributed by atoms with Gasteiger partial charge in [-0.2, -0.15) is 0 Å². The van der Waals surface area contributed by atoms with E-state index in [0.29, 0.717) is 26.1 Å². The number of carbonyl (C=O) groups is 3. The van der Waals surface area contributed by atoms with Crippen LogP contribution in [0.2, 0.25) is 0 Å². The van der Waals surface area contributed by atoms with Gasteiger partial charge < -0.3 is 14.7 Å². The van der Waals surface area contributed by atoms with Gasteiger partial charge in [-0.05, 0) is 49.1 Å². The summed E-state index contributed by atoms with van der Waals surface area (Å²) < 4.78 is 5.84. The first-order valence-electron chi connectivity index (χ1n) is 12.7. The van der Waals surface area contributed by atoms with Crippen LogP contribution in [0.1, 0.15) is 35.2 Å². The van der Waals surface area contributed by atoms with E-state index in [1.165, 1.54) is 7.05 Å². The molecule has 1 N–H and O–H groups in total. The predicted molar refractivity (Wildman–Crippen MR) is 136 cm³/mol. The Bertz CT molecular complexity index is 1030. The summed E-state index contributed by atoms with van der Waals surface area (Å²) in [5, 5.41) is 9.50. The number of amides is 2. The molecule has 0 aromatic heterocycles. The molecular weight excluding hydrogens is 458 g/mol. The van der Waals surface area contributed by atoms with Crippen LogP contribution in [0.15, 0.2) is 54.6 Å². The number of hydrogen-bond acceptors (Lipinski definition) is 5. The van der Waals surface area contributed by atoms with Crippen LogP contribution in [0.25, 0.3) is 0 Å². The van der Waals surface area contributed by atoms with Gasteiger partial charge in [0.1, 0.15) is 11.8 Å². The van der Waals surface area contributed by atoms with Gasteiger partial charge in [-0.25, -0.2) is 4.79 Å². The van der Waals surface area contributed by atoms with E-state index < -0.39 is 12.1 Å². The number of Topliss-reactive ketones (excluding diaryl/α,β-unsaturated/α-hetero) is 1. The summed E-state index contributed by atoms with van der Waals surface area (Å²) in [6.07, 6.45) is 2.12. The number of carbonyl (C=O) groups excluding carboxylic acids is 2. The minimum Gasteiger partial charge on any atom is -0.494 e. The topological polar surface area (TPSA) is 90.4 Å². The van der Waals surface area contributed by atoms with Gasteiger partial charge in [0.15, 0.2) is 5.78 Å². The second-order valence-electron chi connectivity index (χ2n) is 9.63. The van der Waals surface area contributed by atoms with Gasteiger partial charge >= 0.3 is 6.09 Å². The van der Waals surface area contributed by atoms with E-state index in [2.05, 4.69) is 4.90 Å². The molecule has 0 bridgehead atoms. The highest BCUT2D eigenvalue weighted by Crippen LogP contribution is 2.32. The standard InChI is InChI=1S/C28H35N3O5/c1-29(28(34)35)25(20-21-6-3-2-4-7-21)27(33)31-17-15-30(16-18-31)14-5-19-36-24-12-10-23(11-13-24)26(32)22-8-9-22/h2-4,6-7,10-13,22,25H,5,8-9,14-20H2,1H3,(H,34,35)/t25-/m1/s1. The number of ketones is 1. The van der Waals surface area contributed by atoms with E-state index in [1.54, 1.807) is 4.90 Å². The van der Waals surface area contributed by atoms with Gasteiger partial charge in [-0.1, -0.05) is 30.3 Å². The number of hydrogen-bond donors (Lipinski definition) is 1. The number of ether oxygens (including phenoxy) is 1. The summed E-state index contributed by atoms with van der Waals surface area (Å²) in [6.45, 7) is 4.10. The fourth-order valence-electron chi connectivity index (χ4n) is 4.54. The van der Waals surface area contributed by atoms with Crippen molar-refractivity contribution in [2.75, 3.05) is 46.4 Å². The van der Waals surface area contributed by atoms with Crippen LogP contribution in [-0.4, -0.2) is 90.0 Å². The summed E-state index contributed by atoms with van der Waals surface area (Å²) in [4.78, 5) is 42.2. The Labute approximate surface area is 212 Å². The van der Waals surface area contributed by atoms with Crippen molar-refractivity contribution in [3.63, 3.8) is 0 Å². The Hall–Kier alpha value is -3.39. The van der Waals surface area contributed by atoms with E-state index in [9.17, 15) is 19.5 Å². The number of rotatable bonds is 11. The maximum atomic E-state index is 13.2. The zero-order valence-electron chi connectivity index (χ0n) is 20.8. The van der Waals surface area contributed by atoms with Crippen LogP contribution in [0.5, 0.6) is 5.75 Å². The highest BCUT2D eigenvalue weighted by atomic mass is 16.5. The molecule has 2 amide bonds. The van der Waals surface area contributed by atoms with Gasteiger partial charge in [0.25, 0.3) is 0 Å². The van der Waals surface area contributed by atoms with Crippen molar-refractivity contribution >= 4 is 17.8 Å². The monoisotopic (exact) mass is 493 g/mol. The third-order valence-electron chi connectivity index (χ3n) is 6.98. The Morgan fingerprint density at radius 1 is 1.00 bits per heavy atom. The van der Waals surface area contributed by atoms with Crippen LogP contribution in [0.4, 0.5) is 4.79 Å². The average Bonchev–Trinajstić information content (AvgIpc) is 3.75. The van der Waals surface area contributed by atoms with Crippen molar-refractivity contribution < 1.29 is 24.2 Å². The molecule has 1 atom stereocenters. The lowest BCUT2D eigenvalue weighted by Gasteiger charge is -2.37. The molecule has 0 radical (unpaired) electrons. The molecule has 2 aliphatic rings. The molecule has 1 saturated heterocycles. The SMILES string of the molecule is CN(C(=O)O)[C@H](Cc1ccccc1)C(=O)N1CCN(CCCOc2ccc(C(=O)C3CC3)cc2)CC1. The fourth-order valence-corrected chi connectivity index (χ4v) is 4.54. The molecule has 8 nitrogen and oxygen atoms in total. The second kappa shape index (κ2) is 12.0. The maximum absolute atomic E-state index is 13.2. The Morgan fingerprint density at radius 3 is 2.28 bits per heavy atom. The van der Waals surface area contributed by atoms with E-state index in [1.807, 2.05) is 54.6 Å². The van der Waals surface area contributed by atoms with E-state index in [4.69, 9.17) is 4.74 Å². The maximum Gasteiger partial charge on any atom is 0.407 e. The van der Waals surface area contributed by atoms with Crippen molar-refractivity contribution in [2.45, 2.75) is 31.7 Å². The molecule has 1 aliphatic carbocycles. The summed E-state index contributed by atoms with van der Waals surface area (Å²) in [6, 6.07) is 16.2. The highest BCUT2D eigenvalue weighted by Gasteiger charge is 2.32. The molecule has 0 unspecified atom stereocenters. The predicted octanol–water partition coefficient (Wildman–Crippen LogP) is 3.41. The lowest BCUT2D eigenvalue weighted by atomic mass is 10.0.